The smallest absolute Gasteiger partial charge is 0.225 e. The van der Waals surface area contributed by atoms with Crippen molar-refractivity contribution in [2.75, 3.05) is 13.2 Å². The number of hydrogen-bond donors (Lipinski definition) is 1. The van der Waals surface area contributed by atoms with Crippen LogP contribution in [0.1, 0.15) is 69.9 Å². The van der Waals surface area contributed by atoms with Crippen LogP contribution in [0.5, 0.6) is 17.2 Å². The van der Waals surface area contributed by atoms with Crippen molar-refractivity contribution in [3.63, 3.8) is 0 Å². The molecule has 6 heteroatoms. The normalized spacial score (nSPS) is 20.1. The second-order valence-electron chi connectivity index (χ2n) is 9.03. The number of Topliss-reactive ketones (excluding diaryl/α,β-unsaturated/α-hetero) is 1. The summed E-state index contributed by atoms with van der Waals surface area (Å²) in [6.45, 7) is 8.87. The molecular formula is C28H33NO5. The van der Waals surface area contributed by atoms with Gasteiger partial charge in [-0.1, -0.05) is 18.2 Å². The van der Waals surface area contributed by atoms with Crippen LogP contribution in [0.15, 0.2) is 53.7 Å². The van der Waals surface area contributed by atoms with Gasteiger partial charge in [0.05, 0.1) is 19.3 Å². The maximum atomic E-state index is 13.4. The van der Waals surface area contributed by atoms with Crippen LogP contribution < -0.4 is 19.5 Å². The third-order valence-corrected chi connectivity index (χ3v) is 6.23. The summed E-state index contributed by atoms with van der Waals surface area (Å²) in [6.07, 6.45) is 1.40. The number of allylic oxidation sites excluding steroid dienone is 2. The van der Waals surface area contributed by atoms with E-state index in [9.17, 15) is 9.59 Å². The van der Waals surface area contributed by atoms with Crippen LogP contribution in [0.2, 0.25) is 0 Å². The summed E-state index contributed by atoms with van der Waals surface area (Å²) in [5, 5.41) is 3.00. The molecule has 2 aliphatic rings. The first kappa shape index (κ1) is 23.9. The van der Waals surface area contributed by atoms with Gasteiger partial charge in [0.1, 0.15) is 5.75 Å². The minimum Gasteiger partial charge on any atom is -0.491 e. The Bertz CT molecular complexity index is 1090. The summed E-state index contributed by atoms with van der Waals surface area (Å²) in [5.41, 5.74) is 3.45. The number of rotatable bonds is 8. The molecule has 1 amide bonds. The highest BCUT2D eigenvalue weighted by Gasteiger charge is 2.38. The molecule has 180 valence electrons. The Kier molecular flexibility index (Phi) is 7.25. The fourth-order valence-corrected chi connectivity index (χ4v) is 4.86. The Balaban J connectivity index is 1.63. The van der Waals surface area contributed by atoms with E-state index >= 15 is 0 Å². The molecule has 1 aliphatic carbocycles. The average Bonchev–Trinajstić information content (AvgIpc) is 2.79. The van der Waals surface area contributed by atoms with Crippen LogP contribution in [0.25, 0.3) is 0 Å². The molecule has 0 fully saturated rings. The second kappa shape index (κ2) is 10.3. The highest BCUT2D eigenvalue weighted by Crippen LogP contribution is 2.44. The van der Waals surface area contributed by atoms with Crippen LogP contribution >= 0.6 is 0 Å². The summed E-state index contributed by atoms with van der Waals surface area (Å²) >= 11 is 0. The molecule has 0 spiro atoms. The van der Waals surface area contributed by atoms with Crippen molar-refractivity contribution in [1.29, 1.82) is 0 Å². The van der Waals surface area contributed by atoms with Crippen molar-refractivity contribution in [3.05, 3.63) is 64.9 Å². The molecule has 6 nitrogen and oxygen atoms in total. The summed E-state index contributed by atoms with van der Waals surface area (Å²) in [4.78, 5) is 26.1. The van der Waals surface area contributed by atoms with Crippen molar-refractivity contribution in [2.24, 2.45) is 0 Å². The predicted molar refractivity (Wildman–Crippen MR) is 130 cm³/mol. The van der Waals surface area contributed by atoms with Crippen LogP contribution in [0.3, 0.4) is 0 Å². The molecule has 1 N–H and O–H groups in total. The lowest BCUT2D eigenvalue weighted by atomic mass is 9.73. The zero-order valence-electron chi connectivity index (χ0n) is 20.4. The topological polar surface area (TPSA) is 73.9 Å². The summed E-state index contributed by atoms with van der Waals surface area (Å²) < 4.78 is 17.2. The molecule has 4 rings (SSSR count). The maximum absolute atomic E-state index is 13.4. The first-order valence-electron chi connectivity index (χ1n) is 12.1. The number of ketones is 1. The molecule has 0 bridgehead atoms. The third kappa shape index (κ3) is 5.11. The first-order valence-corrected chi connectivity index (χ1v) is 12.1. The summed E-state index contributed by atoms with van der Waals surface area (Å²) in [6, 6.07) is 13.6. The van der Waals surface area contributed by atoms with E-state index in [-0.39, 0.29) is 36.1 Å². The van der Waals surface area contributed by atoms with Crippen molar-refractivity contribution < 1.29 is 23.8 Å². The van der Waals surface area contributed by atoms with Gasteiger partial charge in [-0.2, -0.15) is 0 Å². The fraction of sp³-hybridized carbons (Fsp3) is 0.429. The zero-order valence-corrected chi connectivity index (χ0v) is 20.4. The number of carbonyl (C=O) groups excluding carboxylic acids is 2. The van der Waals surface area contributed by atoms with Gasteiger partial charge in [0, 0.05) is 30.0 Å². The van der Waals surface area contributed by atoms with Gasteiger partial charge in [-0.05, 0) is 75.4 Å². The van der Waals surface area contributed by atoms with Gasteiger partial charge >= 0.3 is 0 Å². The van der Waals surface area contributed by atoms with E-state index in [2.05, 4.69) is 5.32 Å². The third-order valence-electron chi connectivity index (χ3n) is 6.23. The van der Waals surface area contributed by atoms with E-state index in [0.29, 0.717) is 37.6 Å². The van der Waals surface area contributed by atoms with E-state index in [1.807, 2.05) is 70.2 Å². The second-order valence-corrected chi connectivity index (χ2v) is 9.03. The Morgan fingerprint density at radius 3 is 2.24 bits per heavy atom. The molecule has 1 heterocycles. The molecule has 2 atom stereocenters. The van der Waals surface area contributed by atoms with Crippen LogP contribution in [-0.2, 0) is 9.59 Å². The van der Waals surface area contributed by atoms with Gasteiger partial charge in [0.2, 0.25) is 5.91 Å². The monoisotopic (exact) mass is 463 g/mol. The molecule has 2 unspecified atom stereocenters. The molecule has 34 heavy (non-hydrogen) atoms. The van der Waals surface area contributed by atoms with Crippen molar-refractivity contribution in [2.45, 2.75) is 64.9 Å². The maximum Gasteiger partial charge on any atom is 0.225 e. The SMILES string of the molecule is CCOc1ccc(C2CC(=O)NC3=C2C(=O)CC(c2ccc(OC(C)C)cc2)C3)cc1OCC. The van der Waals surface area contributed by atoms with Gasteiger partial charge in [-0.25, -0.2) is 0 Å². The highest BCUT2D eigenvalue weighted by atomic mass is 16.5. The Hall–Kier alpha value is -3.28. The van der Waals surface area contributed by atoms with E-state index < -0.39 is 0 Å². The largest absolute Gasteiger partial charge is 0.491 e. The van der Waals surface area contributed by atoms with Crippen molar-refractivity contribution in [1.82, 2.24) is 5.32 Å². The number of nitrogens with one attached hydrogen (secondary N) is 1. The molecule has 2 aromatic rings. The van der Waals surface area contributed by atoms with E-state index in [4.69, 9.17) is 14.2 Å². The van der Waals surface area contributed by atoms with Gasteiger partial charge in [-0.3, -0.25) is 9.59 Å². The van der Waals surface area contributed by atoms with E-state index in [1.165, 1.54) is 0 Å². The molecule has 1 aliphatic heterocycles. The lowest BCUT2D eigenvalue weighted by molar-refractivity contribution is -0.122. The quantitative estimate of drug-likeness (QED) is 0.577. The predicted octanol–water partition coefficient (Wildman–Crippen LogP) is 5.28. The van der Waals surface area contributed by atoms with Gasteiger partial charge in [-0.15, -0.1) is 0 Å². The number of ether oxygens (including phenoxy) is 3. The number of benzene rings is 2. The first-order chi connectivity index (χ1) is 16.4. The number of hydrogen-bond acceptors (Lipinski definition) is 5. The van der Waals surface area contributed by atoms with E-state index in [1.54, 1.807) is 0 Å². The van der Waals surface area contributed by atoms with Gasteiger partial charge in [0.15, 0.2) is 17.3 Å². The molecule has 0 aromatic heterocycles. The molecular weight excluding hydrogens is 430 g/mol. The standard InChI is InChI=1S/C28H33NO5/c1-5-32-25-12-9-19(15-26(25)33-6-2)22-16-27(31)29-23-13-20(14-24(30)28(22)23)18-7-10-21(11-8-18)34-17(3)4/h7-12,15,17,20,22H,5-6,13-14,16H2,1-4H3,(H,29,31). The minimum absolute atomic E-state index is 0.0257. The van der Waals surface area contributed by atoms with Crippen molar-refractivity contribution in [3.8, 4) is 17.2 Å². The molecule has 0 saturated carbocycles. The summed E-state index contributed by atoms with van der Waals surface area (Å²) in [5.74, 6) is 1.89. The number of amides is 1. The van der Waals surface area contributed by atoms with E-state index in [0.717, 1.165) is 28.1 Å². The molecule has 0 saturated heterocycles. The number of carbonyl (C=O) groups is 2. The molecule has 0 radical (unpaired) electrons. The van der Waals surface area contributed by atoms with Crippen LogP contribution in [-0.4, -0.2) is 31.0 Å². The Labute approximate surface area is 201 Å². The van der Waals surface area contributed by atoms with Crippen LogP contribution in [0, 0.1) is 0 Å². The Morgan fingerprint density at radius 2 is 1.56 bits per heavy atom. The van der Waals surface area contributed by atoms with Crippen molar-refractivity contribution >= 4 is 11.7 Å². The lowest BCUT2D eigenvalue weighted by Crippen LogP contribution is -2.38. The lowest BCUT2D eigenvalue weighted by Gasteiger charge is -2.34. The average molecular weight is 464 g/mol. The fourth-order valence-electron chi connectivity index (χ4n) is 4.86. The highest BCUT2D eigenvalue weighted by molar-refractivity contribution is 6.02. The Morgan fingerprint density at radius 1 is 0.882 bits per heavy atom. The van der Waals surface area contributed by atoms with Gasteiger partial charge in [0.25, 0.3) is 0 Å². The van der Waals surface area contributed by atoms with Crippen LogP contribution in [0.4, 0.5) is 0 Å². The summed E-state index contributed by atoms with van der Waals surface area (Å²) in [7, 11) is 0. The zero-order chi connectivity index (χ0) is 24.2. The minimum atomic E-state index is -0.283. The molecule has 2 aromatic carbocycles. The van der Waals surface area contributed by atoms with Gasteiger partial charge < -0.3 is 19.5 Å².